The molecule has 0 amide bonds. The lowest BCUT2D eigenvalue weighted by Gasteiger charge is -2.13. The van der Waals surface area contributed by atoms with Crippen LogP contribution in [0.15, 0.2) is 24.5 Å². The third kappa shape index (κ3) is 2.82. The Labute approximate surface area is 123 Å². The van der Waals surface area contributed by atoms with Crippen LogP contribution in [-0.2, 0) is 6.42 Å². The normalized spacial score (nSPS) is 10.5. The Morgan fingerprint density at radius 3 is 2.68 bits per heavy atom. The first-order valence-corrected chi connectivity index (χ1v) is 6.90. The fourth-order valence-electron chi connectivity index (χ4n) is 2.03. The van der Waals surface area contributed by atoms with Crippen LogP contribution >= 0.6 is 23.2 Å². The van der Waals surface area contributed by atoms with Gasteiger partial charge in [-0.15, -0.1) is 0 Å². The highest BCUT2D eigenvalue weighted by atomic mass is 35.5. The van der Waals surface area contributed by atoms with E-state index in [-0.39, 0.29) is 0 Å². The molecule has 0 unspecified atom stereocenters. The summed E-state index contributed by atoms with van der Waals surface area (Å²) in [6.07, 6.45) is 3.43. The summed E-state index contributed by atoms with van der Waals surface area (Å²) in [6, 6.07) is 5.57. The number of hydrogen-bond acceptors (Lipinski definition) is 3. The van der Waals surface area contributed by atoms with Crippen LogP contribution in [0.25, 0.3) is 11.3 Å². The predicted octanol–water partition coefficient (Wildman–Crippen LogP) is 4.44. The van der Waals surface area contributed by atoms with Gasteiger partial charge < -0.3 is 5.32 Å². The minimum atomic E-state index is 0.530. The van der Waals surface area contributed by atoms with Crippen molar-refractivity contribution in [2.45, 2.75) is 19.8 Å². The Morgan fingerprint density at radius 2 is 2.00 bits per heavy atom. The summed E-state index contributed by atoms with van der Waals surface area (Å²) in [7, 11) is 1.85. The molecule has 0 aliphatic carbocycles. The van der Waals surface area contributed by atoms with Crippen molar-refractivity contribution in [2.24, 2.45) is 0 Å². The van der Waals surface area contributed by atoms with E-state index in [0.717, 1.165) is 35.5 Å². The lowest BCUT2D eigenvalue weighted by Crippen LogP contribution is -2.03. The van der Waals surface area contributed by atoms with Gasteiger partial charge in [-0.2, -0.15) is 0 Å². The fraction of sp³-hybridized carbons (Fsp3) is 0.286. The number of benzene rings is 1. The maximum absolute atomic E-state index is 6.28. The quantitative estimate of drug-likeness (QED) is 0.906. The summed E-state index contributed by atoms with van der Waals surface area (Å²) in [4.78, 5) is 8.64. The van der Waals surface area contributed by atoms with Gasteiger partial charge in [0, 0.05) is 18.2 Å². The van der Waals surface area contributed by atoms with Crippen molar-refractivity contribution < 1.29 is 0 Å². The zero-order chi connectivity index (χ0) is 13.8. The SMILES string of the molecule is CCCc1c(NC)ncnc1-c1cccc(Cl)c1Cl. The van der Waals surface area contributed by atoms with Gasteiger partial charge in [-0.3, -0.25) is 0 Å². The largest absolute Gasteiger partial charge is 0.373 e. The van der Waals surface area contributed by atoms with E-state index in [9.17, 15) is 0 Å². The van der Waals surface area contributed by atoms with E-state index in [1.54, 1.807) is 6.07 Å². The second-order valence-corrected chi connectivity index (χ2v) is 4.94. The first-order chi connectivity index (χ1) is 9.19. The number of aromatic nitrogens is 2. The fourth-order valence-corrected chi connectivity index (χ4v) is 2.42. The smallest absolute Gasteiger partial charge is 0.132 e. The summed E-state index contributed by atoms with van der Waals surface area (Å²) in [5, 5.41) is 4.16. The van der Waals surface area contributed by atoms with E-state index in [0.29, 0.717) is 10.0 Å². The summed E-state index contributed by atoms with van der Waals surface area (Å²) in [5.41, 5.74) is 2.75. The average Bonchev–Trinajstić information content (AvgIpc) is 2.43. The average molecular weight is 296 g/mol. The third-order valence-corrected chi connectivity index (χ3v) is 3.71. The van der Waals surface area contributed by atoms with Crippen LogP contribution in [0.3, 0.4) is 0 Å². The molecule has 0 atom stereocenters. The molecule has 1 heterocycles. The van der Waals surface area contributed by atoms with E-state index in [4.69, 9.17) is 23.2 Å². The van der Waals surface area contributed by atoms with Crippen molar-refractivity contribution in [2.75, 3.05) is 12.4 Å². The molecule has 1 aromatic carbocycles. The summed E-state index contributed by atoms with van der Waals surface area (Å²) < 4.78 is 0. The van der Waals surface area contributed by atoms with E-state index in [1.165, 1.54) is 6.33 Å². The molecule has 19 heavy (non-hydrogen) atoms. The lowest BCUT2D eigenvalue weighted by molar-refractivity contribution is 0.906. The Hall–Kier alpha value is -1.32. The van der Waals surface area contributed by atoms with Gasteiger partial charge in [0.1, 0.15) is 12.1 Å². The maximum atomic E-state index is 6.28. The highest BCUT2D eigenvalue weighted by Crippen LogP contribution is 2.35. The molecular formula is C14H15Cl2N3. The van der Waals surface area contributed by atoms with Gasteiger partial charge in [-0.25, -0.2) is 9.97 Å². The Bertz CT molecular complexity index is 585. The first-order valence-electron chi connectivity index (χ1n) is 6.15. The number of halogens is 2. The van der Waals surface area contributed by atoms with Crippen molar-refractivity contribution in [3.63, 3.8) is 0 Å². The number of hydrogen-bond donors (Lipinski definition) is 1. The Morgan fingerprint density at radius 1 is 1.21 bits per heavy atom. The van der Waals surface area contributed by atoms with E-state index in [1.807, 2.05) is 19.2 Å². The van der Waals surface area contributed by atoms with Crippen LogP contribution in [0.4, 0.5) is 5.82 Å². The van der Waals surface area contributed by atoms with Gasteiger partial charge in [-0.1, -0.05) is 48.7 Å². The topological polar surface area (TPSA) is 37.8 Å². The third-order valence-electron chi connectivity index (χ3n) is 2.89. The summed E-state index contributed by atoms with van der Waals surface area (Å²) in [5.74, 6) is 0.836. The molecule has 0 saturated carbocycles. The molecule has 0 bridgehead atoms. The van der Waals surface area contributed by atoms with Crippen molar-refractivity contribution in [1.29, 1.82) is 0 Å². The molecule has 0 spiro atoms. The minimum absolute atomic E-state index is 0.530. The van der Waals surface area contributed by atoms with Gasteiger partial charge in [0.15, 0.2) is 0 Å². The highest BCUT2D eigenvalue weighted by molar-refractivity contribution is 6.43. The molecule has 0 fully saturated rings. The zero-order valence-corrected chi connectivity index (χ0v) is 12.4. The van der Waals surface area contributed by atoms with Gasteiger partial charge in [0.25, 0.3) is 0 Å². The molecule has 1 N–H and O–H groups in total. The molecule has 5 heteroatoms. The Balaban J connectivity index is 2.64. The predicted molar refractivity (Wildman–Crippen MR) is 81.0 cm³/mol. The van der Waals surface area contributed by atoms with Crippen LogP contribution in [-0.4, -0.2) is 17.0 Å². The molecule has 2 aromatic rings. The number of rotatable bonds is 4. The van der Waals surface area contributed by atoms with Crippen molar-refractivity contribution in [3.8, 4) is 11.3 Å². The first kappa shape index (κ1) is 14.1. The zero-order valence-electron chi connectivity index (χ0n) is 10.9. The second-order valence-electron chi connectivity index (χ2n) is 4.15. The monoisotopic (exact) mass is 295 g/mol. The van der Waals surface area contributed by atoms with Crippen LogP contribution in [0, 0.1) is 0 Å². The van der Waals surface area contributed by atoms with Crippen LogP contribution in [0.1, 0.15) is 18.9 Å². The minimum Gasteiger partial charge on any atom is -0.373 e. The van der Waals surface area contributed by atoms with Crippen molar-refractivity contribution in [1.82, 2.24) is 9.97 Å². The number of nitrogens with zero attached hydrogens (tertiary/aromatic N) is 2. The molecule has 1 aromatic heterocycles. The Kier molecular flexibility index (Phi) is 4.61. The standard InChI is InChI=1S/C14H15Cl2N3/c1-3-5-10-13(18-8-19-14(10)17-2)9-6-4-7-11(15)12(9)16/h4,6-8H,3,5H2,1-2H3,(H,17,18,19). The summed E-state index contributed by atoms with van der Waals surface area (Å²) in [6.45, 7) is 2.12. The number of nitrogens with one attached hydrogen (secondary N) is 1. The molecular weight excluding hydrogens is 281 g/mol. The van der Waals surface area contributed by atoms with Crippen LogP contribution in [0.5, 0.6) is 0 Å². The van der Waals surface area contributed by atoms with Gasteiger partial charge >= 0.3 is 0 Å². The van der Waals surface area contributed by atoms with Crippen LogP contribution in [0.2, 0.25) is 10.0 Å². The van der Waals surface area contributed by atoms with Crippen molar-refractivity contribution in [3.05, 3.63) is 40.1 Å². The molecule has 0 aliphatic rings. The molecule has 0 radical (unpaired) electrons. The molecule has 0 aliphatic heterocycles. The number of anilines is 1. The lowest BCUT2D eigenvalue weighted by atomic mass is 10.0. The summed E-state index contributed by atoms with van der Waals surface area (Å²) >= 11 is 12.4. The van der Waals surface area contributed by atoms with E-state index in [2.05, 4.69) is 22.2 Å². The molecule has 0 saturated heterocycles. The molecule has 3 nitrogen and oxygen atoms in total. The van der Waals surface area contributed by atoms with E-state index < -0.39 is 0 Å². The van der Waals surface area contributed by atoms with Gasteiger partial charge in [-0.05, 0) is 12.5 Å². The molecule has 100 valence electrons. The van der Waals surface area contributed by atoms with Gasteiger partial charge in [0.2, 0.25) is 0 Å². The molecule has 2 rings (SSSR count). The van der Waals surface area contributed by atoms with Crippen molar-refractivity contribution >= 4 is 29.0 Å². The van der Waals surface area contributed by atoms with Crippen LogP contribution < -0.4 is 5.32 Å². The second kappa shape index (κ2) is 6.22. The van der Waals surface area contributed by atoms with Gasteiger partial charge in [0.05, 0.1) is 15.7 Å². The highest BCUT2D eigenvalue weighted by Gasteiger charge is 2.15. The maximum Gasteiger partial charge on any atom is 0.132 e. The van der Waals surface area contributed by atoms with E-state index >= 15 is 0 Å².